The molecule has 0 saturated heterocycles. The summed E-state index contributed by atoms with van der Waals surface area (Å²) < 4.78 is 11.1. The van der Waals surface area contributed by atoms with Gasteiger partial charge in [0.05, 0.1) is 6.61 Å². The Morgan fingerprint density at radius 3 is 2.68 bits per heavy atom. The van der Waals surface area contributed by atoms with Crippen LogP contribution in [-0.4, -0.2) is 17.4 Å². The first-order chi connectivity index (χ1) is 9.20. The predicted molar refractivity (Wildman–Crippen MR) is 72.9 cm³/mol. The maximum Gasteiger partial charge on any atom is 0.220 e. The largest absolute Gasteiger partial charge is 0.490 e. The molecule has 5 nitrogen and oxygen atoms in total. The number of nitrogens with zero attached hydrogens (tertiary/aromatic N) is 1. The quantitative estimate of drug-likeness (QED) is 0.637. The molecule has 0 aliphatic carbocycles. The number of nitrogens with two attached hydrogens (primary N) is 1. The second-order valence-electron chi connectivity index (χ2n) is 3.78. The van der Waals surface area contributed by atoms with Gasteiger partial charge in [0, 0.05) is 17.8 Å². The monoisotopic (exact) mass is 257 g/mol. The van der Waals surface area contributed by atoms with Crippen molar-refractivity contribution in [2.45, 2.75) is 6.92 Å². The number of nitrogen functional groups attached to an aromatic ring is 1. The molecule has 1 aromatic heterocycles. The number of pyridine rings is 1. The Kier molecular flexibility index (Phi) is 3.97. The first kappa shape index (κ1) is 12.9. The lowest BCUT2D eigenvalue weighted by Crippen LogP contribution is -2.11. The van der Waals surface area contributed by atoms with E-state index < -0.39 is 0 Å². The molecule has 0 atom stereocenters. The van der Waals surface area contributed by atoms with Crippen LogP contribution in [0.25, 0.3) is 0 Å². The Morgan fingerprint density at radius 1 is 1.26 bits per heavy atom. The smallest absolute Gasteiger partial charge is 0.220 e. The molecule has 98 valence electrons. The maximum atomic E-state index is 7.39. The van der Waals surface area contributed by atoms with E-state index in [-0.39, 0.29) is 5.84 Å². The van der Waals surface area contributed by atoms with E-state index in [1.165, 1.54) is 0 Å². The van der Waals surface area contributed by atoms with Crippen molar-refractivity contribution >= 4 is 5.84 Å². The van der Waals surface area contributed by atoms with Crippen LogP contribution in [0.15, 0.2) is 42.6 Å². The number of amidine groups is 1. The van der Waals surface area contributed by atoms with Crippen LogP contribution in [0.5, 0.6) is 17.4 Å². The molecule has 0 radical (unpaired) electrons. The molecule has 1 aromatic carbocycles. The number of hydrogen-bond donors (Lipinski definition) is 2. The van der Waals surface area contributed by atoms with Crippen LogP contribution >= 0.6 is 0 Å². The third-order valence-corrected chi connectivity index (χ3v) is 2.41. The second kappa shape index (κ2) is 5.86. The van der Waals surface area contributed by atoms with Gasteiger partial charge in [0.2, 0.25) is 5.88 Å². The summed E-state index contributed by atoms with van der Waals surface area (Å²) >= 11 is 0. The summed E-state index contributed by atoms with van der Waals surface area (Å²) in [6.45, 7) is 2.46. The number of benzene rings is 1. The Balaban J connectivity index is 2.26. The van der Waals surface area contributed by atoms with Crippen LogP contribution in [0.1, 0.15) is 12.5 Å². The molecule has 1 heterocycles. The number of nitrogens with one attached hydrogen (secondary N) is 1. The lowest BCUT2D eigenvalue weighted by molar-refractivity contribution is 0.319. The van der Waals surface area contributed by atoms with Crippen LogP contribution in [0.3, 0.4) is 0 Å². The van der Waals surface area contributed by atoms with E-state index in [0.29, 0.717) is 29.5 Å². The van der Waals surface area contributed by atoms with Gasteiger partial charge in [-0.15, -0.1) is 0 Å². The minimum absolute atomic E-state index is 0.0228. The average Bonchev–Trinajstić information content (AvgIpc) is 2.41. The molecule has 2 aromatic rings. The molecule has 0 saturated carbocycles. The number of rotatable bonds is 5. The van der Waals surface area contributed by atoms with Crippen molar-refractivity contribution in [2.75, 3.05) is 6.61 Å². The van der Waals surface area contributed by atoms with E-state index >= 15 is 0 Å². The van der Waals surface area contributed by atoms with Crippen molar-refractivity contribution in [3.63, 3.8) is 0 Å². The van der Waals surface area contributed by atoms with E-state index in [4.69, 9.17) is 20.6 Å². The van der Waals surface area contributed by atoms with E-state index in [1.807, 2.05) is 25.1 Å². The molecular formula is C14H15N3O2. The fourth-order valence-electron chi connectivity index (χ4n) is 1.55. The van der Waals surface area contributed by atoms with Crippen LogP contribution in [-0.2, 0) is 0 Å². The lowest BCUT2D eigenvalue weighted by Gasteiger charge is -2.10. The predicted octanol–water partition coefficient (Wildman–Crippen LogP) is 2.56. The summed E-state index contributed by atoms with van der Waals surface area (Å²) in [6, 6.07) is 10.6. The Morgan fingerprint density at radius 2 is 2.00 bits per heavy atom. The Bertz CT molecular complexity index is 584. The standard InChI is InChI=1S/C14H15N3O2/c1-2-18-11-5-3-4-6-12(11)19-13-9-10(14(15)16)7-8-17-13/h3-9H,2H2,1H3,(H3,15,16). The highest BCUT2D eigenvalue weighted by molar-refractivity contribution is 5.95. The molecule has 3 N–H and O–H groups in total. The molecule has 0 amide bonds. The first-order valence-electron chi connectivity index (χ1n) is 5.91. The number of hydrogen-bond acceptors (Lipinski definition) is 4. The fourth-order valence-corrected chi connectivity index (χ4v) is 1.55. The zero-order valence-corrected chi connectivity index (χ0v) is 10.6. The highest BCUT2D eigenvalue weighted by Crippen LogP contribution is 2.30. The van der Waals surface area contributed by atoms with Crippen molar-refractivity contribution in [3.8, 4) is 17.4 Å². The third-order valence-electron chi connectivity index (χ3n) is 2.41. The van der Waals surface area contributed by atoms with Crippen LogP contribution < -0.4 is 15.2 Å². The van der Waals surface area contributed by atoms with E-state index in [1.54, 1.807) is 24.4 Å². The zero-order valence-electron chi connectivity index (χ0n) is 10.6. The molecule has 0 aliphatic rings. The Labute approximate surface area is 111 Å². The summed E-state index contributed by atoms with van der Waals surface area (Å²) in [6.07, 6.45) is 1.55. The average molecular weight is 257 g/mol. The number of ether oxygens (including phenoxy) is 2. The fraction of sp³-hybridized carbons (Fsp3) is 0.143. The summed E-state index contributed by atoms with van der Waals surface area (Å²) in [5.41, 5.74) is 6.00. The van der Waals surface area contributed by atoms with Gasteiger partial charge in [0.25, 0.3) is 0 Å². The minimum atomic E-state index is -0.0228. The molecule has 19 heavy (non-hydrogen) atoms. The van der Waals surface area contributed by atoms with Crippen molar-refractivity contribution in [1.82, 2.24) is 4.98 Å². The van der Waals surface area contributed by atoms with E-state index in [9.17, 15) is 0 Å². The minimum Gasteiger partial charge on any atom is -0.490 e. The zero-order chi connectivity index (χ0) is 13.7. The second-order valence-corrected chi connectivity index (χ2v) is 3.78. The molecule has 0 aliphatic heterocycles. The summed E-state index contributed by atoms with van der Waals surface area (Å²) in [4.78, 5) is 4.09. The SMILES string of the molecule is CCOc1ccccc1Oc1cc(C(=N)N)ccn1. The highest BCUT2D eigenvalue weighted by atomic mass is 16.5. The van der Waals surface area contributed by atoms with Crippen LogP contribution in [0.4, 0.5) is 0 Å². The van der Waals surface area contributed by atoms with Crippen molar-refractivity contribution in [2.24, 2.45) is 5.73 Å². The summed E-state index contributed by atoms with van der Waals surface area (Å²) in [5, 5.41) is 7.39. The van der Waals surface area contributed by atoms with Gasteiger partial charge < -0.3 is 15.2 Å². The van der Waals surface area contributed by atoms with E-state index in [2.05, 4.69) is 4.98 Å². The Hall–Kier alpha value is -2.56. The number of para-hydroxylation sites is 2. The maximum absolute atomic E-state index is 7.39. The third kappa shape index (κ3) is 3.22. The summed E-state index contributed by atoms with van der Waals surface area (Å²) in [7, 11) is 0. The molecule has 0 bridgehead atoms. The molecule has 2 rings (SSSR count). The highest BCUT2D eigenvalue weighted by Gasteiger charge is 2.07. The summed E-state index contributed by atoms with van der Waals surface area (Å²) in [5.74, 6) is 1.59. The van der Waals surface area contributed by atoms with Crippen molar-refractivity contribution in [1.29, 1.82) is 5.41 Å². The number of aromatic nitrogens is 1. The van der Waals surface area contributed by atoms with Gasteiger partial charge in [-0.2, -0.15) is 0 Å². The molecule has 0 unspecified atom stereocenters. The van der Waals surface area contributed by atoms with Crippen LogP contribution in [0.2, 0.25) is 0 Å². The van der Waals surface area contributed by atoms with Crippen molar-refractivity contribution in [3.05, 3.63) is 48.2 Å². The van der Waals surface area contributed by atoms with Gasteiger partial charge in [-0.3, -0.25) is 5.41 Å². The van der Waals surface area contributed by atoms with Gasteiger partial charge in [-0.05, 0) is 25.1 Å². The lowest BCUT2D eigenvalue weighted by atomic mass is 10.2. The normalized spacial score (nSPS) is 9.95. The van der Waals surface area contributed by atoms with Gasteiger partial charge in [0.1, 0.15) is 5.84 Å². The molecular weight excluding hydrogens is 242 g/mol. The van der Waals surface area contributed by atoms with Crippen molar-refractivity contribution < 1.29 is 9.47 Å². The molecule has 0 spiro atoms. The topological polar surface area (TPSA) is 81.2 Å². The van der Waals surface area contributed by atoms with Crippen LogP contribution in [0, 0.1) is 5.41 Å². The van der Waals surface area contributed by atoms with Gasteiger partial charge >= 0.3 is 0 Å². The van der Waals surface area contributed by atoms with Gasteiger partial charge in [-0.1, -0.05) is 12.1 Å². The molecule has 5 heteroatoms. The first-order valence-corrected chi connectivity index (χ1v) is 5.91. The van der Waals surface area contributed by atoms with Gasteiger partial charge in [0.15, 0.2) is 11.5 Å². The molecule has 0 fully saturated rings. The van der Waals surface area contributed by atoms with Gasteiger partial charge in [-0.25, -0.2) is 4.98 Å². The van der Waals surface area contributed by atoms with E-state index in [0.717, 1.165) is 0 Å².